The molecule has 3 atom stereocenters. The van der Waals surface area contributed by atoms with Gasteiger partial charge < -0.3 is 15.0 Å². The molecule has 3 heterocycles. The van der Waals surface area contributed by atoms with Crippen molar-refractivity contribution >= 4 is 28.5 Å². The number of fused-ring (bicyclic) bond motifs is 2. The minimum Gasteiger partial charge on any atom is -0.497 e. The zero-order valence-electron chi connectivity index (χ0n) is 24.4. The van der Waals surface area contributed by atoms with E-state index in [1.165, 1.54) is 6.92 Å². The normalized spacial score (nSPS) is 20.8. The van der Waals surface area contributed by atoms with Crippen LogP contribution >= 0.6 is 0 Å². The maximum absolute atomic E-state index is 14.2. The van der Waals surface area contributed by atoms with Gasteiger partial charge in [0.1, 0.15) is 23.3 Å². The van der Waals surface area contributed by atoms with Crippen molar-refractivity contribution in [3.8, 4) is 16.9 Å². The van der Waals surface area contributed by atoms with Crippen LogP contribution in [0.1, 0.15) is 59.7 Å². The molecule has 2 fully saturated rings. The summed E-state index contributed by atoms with van der Waals surface area (Å²) in [6.45, 7) is 7.69. The lowest BCUT2D eigenvalue weighted by molar-refractivity contribution is -0.139. The van der Waals surface area contributed by atoms with Gasteiger partial charge in [-0.1, -0.05) is 19.1 Å². The topological polar surface area (TPSA) is 130 Å². The Hall–Kier alpha value is -4.60. The highest BCUT2D eigenvalue weighted by atomic mass is 16.5. The first-order chi connectivity index (χ1) is 20.1. The van der Waals surface area contributed by atoms with E-state index in [9.17, 15) is 14.4 Å². The number of aromatic nitrogens is 4. The largest absolute Gasteiger partial charge is 0.497 e. The second-order valence-corrected chi connectivity index (χ2v) is 11.8. The number of nitrogens with zero attached hydrogens (tertiary/aromatic N) is 4. The molecule has 0 bridgehead atoms. The van der Waals surface area contributed by atoms with Gasteiger partial charge in [-0.3, -0.25) is 19.5 Å². The maximum Gasteiger partial charge on any atom is 0.243 e. The lowest BCUT2D eigenvalue weighted by atomic mass is 9.91. The molecule has 216 valence electrons. The van der Waals surface area contributed by atoms with Crippen LogP contribution in [0, 0.1) is 19.3 Å². The fourth-order valence-electron chi connectivity index (χ4n) is 6.35. The summed E-state index contributed by atoms with van der Waals surface area (Å²) in [5.74, 6) is 0.853. The number of methoxy groups -OCH3 is 1. The molecule has 1 saturated heterocycles. The lowest BCUT2D eigenvalue weighted by Crippen LogP contribution is -2.48. The third kappa shape index (κ3) is 4.80. The van der Waals surface area contributed by atoms with Crippen LogP contribution in [0.15, 0.2) is 42.7 Å². The van der Waals surface area contributed by atoms with Crippen molar-refractivity contribution in [2.75, 3.05) is 7.11 Å². The van der Waals surface area contributed by atoms with Crippen molar-refractivity contribution in [3.63, 3.8) is 0 Å². The number of ketones is 1. The maximum atomic E-state index is 14.2. The van der Waals surface area contributed by atoms with Gasteiger partial charge in [0.2, 0.25) is 11.8 Å². The van der Waals surface area contributed by atoms with E-state index in [-0.39, 0.29) is 35.5 Å². The third-order valence-corrected chi connectivity index (χ3v) is 8.73. The van der Waals surface area contributed by atoms with Gasteiger partial charge >= 0.3 is 0 Å². The second kappa shape index (κ2) is 10.3. The SMILES string of the molecule is COc1cccc(CNC(=O)[C@@H]2C[C@@]3(C)C[C@H]3N2C(=O)Cc2c(-c3cnc(C)nc3)cc(C)c3n[nH]c(C(C)=O)c23)c1. The van der Waals surface area contributed by atoms with Gasteiger partial charge in [-0.15, -0.1) is 0 Å². The van der Waals surface area contributed by atoms with Crippen LogP contribution in [0.2, 0.25) is 0 Å². The molecule has 2 aliphatic rings. The van der Waals surface area contributed by atoms with Crippen LogP contribution in [-0.4, -0.2) is 61.9 Å². The zero-order valence-corrected chi connectivity index (χ0v) is 24.4. The number of aryl methyl sites for hydroxylation is 2. The van der Waals surface area contributed by atoms with Gasteiger partial charge in [0, 0.05) is 42.9 Å². The number of carbonyl (C=O) groups excluding carboxylic acids is 3. The molecule has 1 saturated carbocycles. The first-order valence-electron chi connectivity index (χ1n) is 14.1. The fraction of sp³-hybridized carbons (Fsp3) is 0.375. The zero-order chi connectivity index (χ0) is 29.8. The molecule has 10 nitrogen and oxygen atoms in total. The molecule has 1 aliphatic carbocycles. The molecule has 10 heteroatoms. The van der Waals surface area contributed by atoms with Gasteiger partial charge in [-0.25, -0.2) is 9.97 Å². The fourth-order valence-corrected chi connectivity index (χ4v) is 6.35. The number of hydrogen-bond donors (Lipinski definition) is 2. The number of carbonyl (C=O) groups is 3. The predicted molar refractivity (Wildman–Crippen MR) is 157 cm³/mol. The summed E-state index contributed by atoms with van der Waals surface area (Å²) in [6, 6.07) is 8.94. The second-order valence-electron chi connectivity index (χ2n) is 11.8. The van der Waals surface area contributed by atoms with Gasteiger partial charge in [0.15, 0.2) is 5.78 Å². The molecule has 0 unspecified atom stereocenters. The van der Waals surface area contributed by atoms with E-state index in [1.807, 2.05) is 44.2 Å². The van der Waals surface area contributed by atoms with Gasteiger partial charge in [-0.05, 0) is 72.6 Å². The molecule has 42 heavy (non-hydrogen) atoms. The van der Waals surface area contributed by atoms with E-state index < -0.39 is 6.04 Å². The molecule has 2 amide bonds. The minimum atomic E-state index is -0.574. The summed E-state index contributed by atoms with van der Waals surface area (Å²) in [5, 5.41) is 11.0. The molecular formula is C32H34N6O4. The van der Waals surface area contributed by atoms with Crippen molar-refractivity contribution in [1.82, 2.24) is 30.4 Å². The number of amides is 2. The third-order valence-electron chi connectivity index (χ3n) is 8.73. The number of H-pyrrole nitrogens is 1. The molecule has 0 radical (unpaired) electrons. The molecule has 2 aromatic heterocycles. The standard InChI is InChI=1S/C32H34N6O4/c1-17-9-23(21-15-33-19(3)34-16-21)24(28-29(17)36-37-30(28)18(2)39)11-27(40)38-25(12-32(4)13-26(32)38)31(41)35-14-20-7-6-8-22(10-20)42-5/h6-10,15-16,25-26H,11-14H2,1-5H3,(H,35,41)(H,36,37)/t25-,26+,32-/m0/s1. The highest BCUT2D eigenvalue weighted by molar-refractivity contribution is 6.09. The van der Waals surface area contributed by atoms with Gasteiger partial charge in [0.05, 0.1) is 19.0 Å². The number of hydrogen-bond acceptors (Lipinski definition) is 7. The van der Waals surface area contributed by atoms with E-state index >= 15 is 0 Å². The average Bonchev–Trinajstić information content (AvgIpc) is 3.29. The minimum absolute atomic E-state index is 0.00120. The quantitative estimate of drug-likeness (QED) is 0.307. The Balaban J connectivity index is 1.34. The van der Waals surface area contributed by atoms with Crippen LogP contribution in [0.5, 0.6) is 5.75 Å². The molecule has 2 N–H and O–H groups in total. The van der Waals surface area contributed by atoms with Gasteiger partial charge in [0.25, 0.3) is 0 Å². The Morgan fingerprint density at radius 3 is 2.62 bits per heavy atom. The molecule has 1 aliphatic heterocycles. The van der Waals surface area contributed by atoms with Gasteiger partial charge in [-0.2, -0.15) is 5.10 Å². The molecule has 2 aromatic carbocycles. The van der Waals surface area contributed by atoms with Crippen molar-refractivity contribution in [2.45, 2.75) is 65.6 Å². The van der Waals surface area contributed by atoms with Crippen LogP contribution in [0.3, 0.4) is 0 Å². The molecular weight excluding hydrogens is 532 g/mol. The summed E-state index contributed by atoms with van der Waals surface area (Å²) < 4.78 is 5.30. The predicted octanol–water partition coefficient (Wildman–Crippen LogP) is 4.09. The van der Waals surface area contributed by atoms with E-state index in [0.717, 1.165) is 34.4 Å². The van der Waals surface area contributed by atoms with Crippen molar-refractivity contribution in [3.05, 3.63) is 70.9 Å². The van der Waals surface area contributed by atoms with Crippen molar-refractivity contribution in [2.24, 2.45) is 5.41 Å². The van der Waals surface area contributed by atoms with Crippen molar-refractivity contribution in [1.29, 1.82) is 0 Å². The Morgan fingerprint density at radius 1 is 1.14 bits per heavy atom. The number of rotatable bonds is 8. The number of ether oxygens (including phenoxy) is 1. The van der Waals surface area contributed by atoms with E-state index in [2.05, 4.69) is 32.4 Å². The highest BCUT2D eigenvalue weighted by Crippen LogP contribution is 2.59. The number of benzene rings is 2. The van der Waals surface area contributed by atoms with Crippen molar-refractivity contribution < 1.29 is 19.1 Å². The Morgan fingerprint density at radius 2 is 1.90 bits per heavy atom. The molecule has 6 rings (SSSR count). The van der Waals surface area contributed by atoms with E-state index in [0.29, 0.717) is 41.0 Å². The lowest BCUT2D eigenvalue weighted by Gasteiger charge is -2.27. The Bertz CT molecular complexity index is 1730. The van der Waals surface area contributed by atoms with Crippen LogP contribution in [-0.2, 0) is 22.6 Å². The summed E-state index contributed by atoms with van der Waals surface area (Å²) in [6.07, 6.45) is 4.94. The molecule has 4 aromatic rings. The molecule has 0 spiro atoms. The van der Waals surface area contributed by atoms with E-state index in [4.69, 9.17) is 4.74 Å². The number of piperidine rings is 1. The summed E-state index contributed by atoms with van der Waals surface area (Å²) in [7, 11) is 1.61. The first kappa shape index (κ1) is 27.6. The van der Waals surface area contributed by atoms with E-state index in [1.54, 1.807) is 24.4 Å². The average molecular weight is 567 g/mol. The van der Waals surface area contributed by atoms with Crippen LogP contribution in [0.4, 0.5) is 0 Å². The first-order valence-corrected chi connectivity index (χ1v) is 14.1. The summed E-state index contributed by atoms with van der Waals surface area (Å²) in [5.41, 5.74) is 4.90. The smallest absolute Gasteiger partial charge is 0.243 e. The highest BCUT2D eigenvalue weighted by Gasteiger charge is 2.64. The monoisotopic (exact) mass is 566 g/mol. The number of likely N-dealkylation sites (tertiary alicyclic amines) is 1. The Kier molecular flexibility index (Phi) is 6.79. The summed E-state index contributed by atoms with van der Waals surface area (Å²) >= 11 is 0. The van der Waals surface area contributed by atoms with Crippen LogP contribution in [0.25, 0.3) is 22.0 Å². The number of nitrogens with one attached hydrogen (secondary N) is 2. The summed E-state index contributed by atoms with van der Waals surface area (Å²) in [4.78, 5) is 50.9. The number of Topliss-reactive ketones (excluding diaryl/α,β-unsaturated/α-hetero) is 1. The Labute approximate surface area is 243 Å². The number of aromatic amines is 1. The van der Waals surface area contributed by atoms with Crippen LogP contribution < -0.4 is 10.1 Å².